The molecule has 1 unspecified atom stereocenters. The monoisotopic (exact) mass is 360 g/mol. The van der Waals surface area contributed by atoms with Gasteiger partial charge in [0.2, 0.25) is 5.91 Å². The van der Waals surface area contributed by atoms with E-state index >= 15 is 0 Å². The molecule has 132 valence electrons. The zero-order chi connectivity index (χ0) is 18.5. The number of carboxylic acid groups (broad SMARTS) is 1. The van der Waals surface area contributed by atoms with Gasteiger partial charge >= 0.3 is 13.6 Å². The lowest BCUT2D eigenvalue weighted by Crippen LogP contribution is -2.41. The average Bonchev–Trinajstić information content (AvgIpc) is 2.45. The lowest BCUT2D eigenvalue weighted by Gasteiger charge is -2.26. The number of carbonyl (C=O) groups excluding carboxylic acids is 1. The number of non-ortho nitro benzene ring substituents is 1. The summed E-state index contributed by atoms with van der Waals surface area (Å²) in [5.41, 5.74) is -1.40. The van der Waals surface area contributed by atoms with Crippen LogP contribution in [0.25, 0.3) is 0 Å². The number of rotatable bonds is 8. The molecule has 0 aliphatic heterocycles. The number of carbonyl (C=O) groups is 2. The molecule has 10 nitrogen and oxygen atoms in total. The van der Waals surface area contributed by atoms with Crippen molar-refractivity contribution in [1.82, 2.24) is 4.90 Å². The van der Waals surface area contributed by atoms with Gasteiger partial charge in [-0.15, -0.1) is 0 Å². The molecule has 1 amide bonds. The van der Waals surface area contributed by atoms with Crippen LogP contribution in [-0.2, 0) is 20.7 Å². The second-order valence-electron chi connectivity index (χ2n) is 5.02. The van der Waals surface area contributed by atoms with Crippen molar-refractivity contribution in [2.75, 3.05) is 6.54 Å². The summed E-state index contributed by atoms with van der Waals surface area (Å²) in [7, 11) is -4.73. The first kappa shape index (κ1) is 19.8. The molecule has 0 radical (unpaired) electrons. The van der Waals surface area contributed by atoms with Gasteiger partial charge in [0.25, 0.3) is 5.69 Å². The van der Waals surface area contributed by atoms with E-state index in [0.29, 0.717) is 5.56 Å². The largest absolute Gasteiger partial charge is 0.480 e. The van der Waals surface area contributed by atoms with Crippen molar-refractivity contribution in [1.29, 1.82) is 0 Å². The maximum Gasteiger partial charge on any atom is 0.337 e. The SMILES string of the molecule is CCC(C(=O)N(CC(=O)O)Cc1ccc([N+](=O)[O-])cc1)P(=O)(O)O. The maximum absolute atomic E-state index is 12.3. The molecule has 11 heteroatoms. The van der Waals surface area contributed by atoms with E-state index in [1.165, 1.54) is 31.2 Å². The van der Waals surface area contributed by atoms with E-state index in [1.807, 2.05) is 0 Å². The summed E-state index contributed by atoms with van der Waals surface area (Å²) in [5.74, 6) is -2.32. The van der Waals surface area contributed by atoms with Crippen molar-refractivity contribution >= 4 is 25.2 Å². The van der Waals surface area contributed by atoms with Gasteiger partial charge in [-0.05, 0) is 12.0 Å². The van der Waals surface area contributed by atoms with Crippen LogP contribution < -0.4 is 0 Å². The van der Waals surface area contributed by atoms with E-state index < -0.39 is 36.6 Å². The Morgan fingerprint density at radius 2 is 1.83 bits per heavy atom. The molecule has 0 aliphatic rings. The molecule has 0 aromatic heterocycles. The third-order valence-electron chi connectivity index (χ3n) is 3.24. The van der Waals surface area contributed by atoms with Gasteiger partial charge in [-0.2, -0.15) is 0 Å². The summed E-state index contributed by atoms with van der Waals surface area (Å²) in [5, 5.41) is 19.5. The van der Waals surface area contributed by atoms with Gasteiger partial charge in [0.05, 0.1) is 4.92 Å². The standard InChI is InChI=1S/C13H17N2O8P/c1-2-11(24(21,22)23)13(18)14(8-12(16)17)7-9-3-5-10(6-4-9)15(19)20/h3-6,11H,2,7-8H2,1H3,(H,16,17)(H2,21,22,23). The summed E-state index contributed by atoms with van der Waals surface area (Å²) in [6, 6.07) is 5.08. The number of hydrogen-bond donors (Lipinski definition) is 3. The molecule has 1 atom stereocenters. The summed E-state index contributed by atoms with van der Waals surface area (Å²) < 4.78 is 11.4. The normalized spacial score (nSPS) is 12.5. The number of amides is 1. The number of aliphatic carboxylic acids is 1. The van der Waals surface area contributed by atoms with E-state index in [-0.39, 0.29) is 18.7 Å². The first-order valence-corrected chi connectivity index (χ1v) is 8.53. The molecule has 0 saturated carbocycles. The second-order valence-corrected chi connectivity index (χ2v) is 6.83. The fourth-order valence-corrected chi connectivity index (χ4v) is 3.01. The van der Waals surface area contributed by atoms with Gasteiger partial charge in [0.15, 0.2) is 0 Å². The Morgan fingerprint density at radius 1 is 1.29 bits per heavy atom. The third-order valence-corrected chi connectivity index (χ3v) is 4.63. The highest BCUT2D eigenvalue weighted by Gasteiger charge is 2.37. The average molecular weight is 360 g/mol. The lowest BCUT2D eigenvalue weighted by atomic mass is 10.2. The fourth-order valence-electron chi connectivity index (χ4n) is 2.09. The molecular formula is C13H17N2O8P. The number of nitrogens with zero attached hydrogens (tertiary/aromatic N) is 2. The molecule has 0 saturated heterocycles. The van der Waals surface area contributed by atoms with Crippen molar-refractivity contribution in [2.24, 2.45) is 0 Å². The molecule has 0 fully saturated rings. The van der Waals surface area contributed by atoms with E-state index in [4.69, 9.17) is 5.11 Å². The van der Waals surface area contributed by atoms with Crippen LogP contribution >= 0.6 is 7.60 Å². The fraction of sp³-hybridized carbons (Fsp3) is 0.385. The van der Waals surface area contributed by atoms with Crippen LogP contribution in [-0.4, -0.2) is 48.8 Å². The highest BCUT2D eigenvalue weighted by atomic mass is 31.2. The molecule has 0 spiro atoms. The number of benzene rings is 1. The molecule has 0 bridgehead atoms. The van der Waals surface area contributed by atoms with Crippen LogP contribution in [0.3, 0.4) is 0 Å². The summed E-state index contributed by atoms with van der Waals surface area (Å²) in [6.45, 7) is 0.429. The summed E-state index contributed by atoms with van der Waals surface area (Å²) in [6.07, 6.45) is -0.153. The van der Waals surface area contributed by atoms with Gasteiger partial charge in [0, 0.05) is 18.7 Å². The Morgan fingerprint density at radius 3 is 2.21 bits per heavy atom. The van der Waals surface area contributed by atoms with E-state index in [0.717, 1.165) is 4.90 Å². The quantitative estimate of drug-likeness (QED) is 0.351. The first-order valence-electron chi connectivity index (χ1n) is 6.85. The Bertz CT molecular complexity index is 669. The number of nitro benzene ring substituents is 1. The maximum atomic E-state index is 12.3. The minimum atomic E-state index is -4.73. The minimum absolute atomic E-state index is 0.153. The molecule has 1 aromatic carbocycles. The van der Waals surface area contributed by atoms with Crippen LogP contribution in [0, 0.1) is 10.1 Å². The number of hydrogen-bond acceptors (Lipinski definition) is 5. The van der Waals surface area contributed by atoms with E-state index in [2.05, 4.69) is 0 Å². The molecular weight excluding hydrogens is 343 g/mol. The zero-order valence-corrected chi connectivity index (χ0v) is 13.6. The lowest BCUT2D eigenvalue weighted by molar-refractivity contribution is -0.384. The van der Waals surface area contributed by atoms with Gasteiger partial charge in [-0.1, -0.05) is 19.1 Å². The van der Waals surface area contributed by atoms with Crippen molar-refractivity contribution in [3.63, 3.8) is 0 Å². The van der Waals surface area contributed by atoms with Crippen LogP contribution in [0.1, 0.15) is 18.9 Å². The molecule has 24 heavy (non-hydrogen) atoms. The topological polar surface area (TPSA) is 158 Å². The Labute approximate surface area is 137 Å². The highest BCUT2D eigenvalue weighted by Crippen LogP contribution is 2.43. The molecule has 0 aliphatic carbocycles. The number of nitro groups is 1. The van der Waals surface area contributed by atoms with Gasteiger partial charge in [0.1, 0.15) is 12.2 Å². The van der Waals surface area contributed by atoms with Crippen LogP contribution in [0.2, 0.25) is 0 Å². The Balaban J connectivity index is 3.04. The molecule has 1 rings (SSSR count). The van der Waals surface area contributed by atoms with E-state index in [9.17, 15) is 34.1 Å². The summed E-state index contributed by atoms with van der Waals surface area (Å²) >= 11 is 0. The number of carboxylic acids is 1. The third kappa shape index (κ3) is 5.41. The van der Waals surface area contributed by atoms with Crippen molar-refractivity contribution in [2.45, 2.75) is 25.5 Å². The smallest absolute Gasteiger partial charge is 0.337 e. The van der Waals surface area contributed by atoms with E-state index in [1.54, 1.807) is 0 Å². The molecule has 0 heterocycles. The Hall–Kier alpha value is -2.29. The van der Waals surface area contributed by atoms with Crippen molar-refractivity contribution in [3.8, 4) is 0 Å². The summed E-state index contributed by atoms with van der Waals surface area (Å²) in [4.78, 5) is 52.5. The predicted molar refractivity (Wildman–Crippen MR) is 82.3 cm³/mol. The van der Waals surface area contributed by atoms with Crippen LogP contribution in [0.4, 0.5) is 5.69 Å². The van der Waals surface area contributed by atoms with Gasteiger partial charge in [-0.25, -0.2) is 0 Å². The van der Waals surface area contributed by atoms with Crippen molar-refractivity contribution < 1.29 is 34.0 Å². The second kappa shape index (κ2) is 8.00. The molecule has 1 aromatic rings. The molecule has 3 N–H and O–H groups in total. The van der Waals surface area contributed by atoms with Crippen molar-refractivity contribution in [3.05, 3.63) is 39.9 Å². The van der Waals surface area contributed by atoms with Crippen LogP contribution in [0.15, 0.2) is 24.3 Å². The zero-order valence-electron chi connectivity index (χ0n) is 12.7. The highest BCUT2D eigenvalue weighted by molar-refractivity contribution is 7.53. The van der Waals surface area contributed by atoms with Gasteiger partial charge < -0.3 is 19.8 Å². The van der Waals surface area contributed by atoms with Crippen LogP contribution in [0.5, 0.6) is 0 Å². The Kier molecular flexibility index (Phi) is 6.59. The van der Waals surface area contributed by atoms with Gasteiger partial charge in [-0.3, -0.25) is 24.3 Å². The first-order chi connectivity index (χ1) is 11.1. The minimum Gasteiger partial charge on any atom is -0.480 e. The predicted octanol–water partition coefficient (Wildman–Crippen LogP) is 0.964.